The predicted molar refractivity (Wildman–Crippen MR) is 79.4 cm³/mol. The second kappa shape index (κ2) is 5.14. The maximum absolute atomic E-state index is 12.8. The van der Waals surface area contributed by atoms with Gasteiger partial charge in [0.2, 0.25) is 0 Å². The number of carbonyl (C=O) groups excluding carboxylic acids is 1. The van der Waals surface area contributed by atoms with Gasteiger partial charge in [-0.2, -0.15) is 0 Å². The largest absolute Gasteiger partial charge is 0.378 e. The number of hydrogen-bond donors (Lipinski definition) is 1. The Bertz CT molecular complexity index is 529. The van der Waals surface area contributed by atoms with Crippen molar-refractivity contribution in [1.82, 2.24) is 9.88 Å². The van der Waals surface area contributed by atoms with Crippen molar-refractivity contribution in [3.63, 3.8) is 0 Å². The van der Waals surface area contributed by atoms with Crippen molar-refractivity contribution >= 4 is 5.91 Å². The number of carbonyl (C=O) groups is 1. The Labute approximate surface area is 125 Å². The Morgan fingerprint density at radius 3 is 2.81 bits per heavy atom. The Morgan fingerprint density at radius 1 is 1.38 bits per heavy atom. The fourth-order valence-electron chi connectivity index (χ4n) is 3.53. The molecule has 1 N–H and O–H groups in total. The standard InChI is InChI=1S/C16H24N2O3/c1-12-5-7-17-13(12)14(19)18-9-15(2,3)21-16(10-18)6-4-8-20-11-16/h5,7,17H,4,6,8-11H2,1-3H3/t16-/m0/s1. The molecule has 116 valence electrons. The molecule has 2 fully saturated rings. The summed E-state index contributed by atoms with van der Waals surface area (Å²) in [5, 5.41) is 0. The van der Waals surface area contributed by atoms with Crippen LogP contribution in [0.5, 0.6) is 0 Å². The summed E-state index contributed by atoms with van der Waals surface area (Å²) in [6.07, 6.45) is 3.75. The molecule has 2 aliphatic rings. The van der Waals surface area contributed by atoms with Gasteiger partial charge < -0.3 is 19.4 Å². The Morgan fingerprint density at radius 2 is 2.19 bits per heavy atom. The first-order valence-corrected chi connectivity index (χ1v) is 7.62. The highest BCUT2D eigenvalue weighted by Gasteiger charge is 2.47. The summed E-state index contributed by atoms with van der Waals surface area (Å²) in [6.45, 7) is 8.61. The summed E-state index contributed by atoms with van der Waals surface area (Å²) in [5.41, 5.74) is 0.962. The van der Waals surface area contributed by atoms with E-state index >= 15 is 0 Å². The average molecular weight is 292 g/mol. The van der Waals surface area contributed by atoms with Gasteiger partial charge in [-0.05, 0) is 45.2 Å². The van der Waals surface area contributed by atoms with Crippen LogP contribution in [0.1, 0.15) is 42.7 Å². The minimum atomic E-state index is -0.352. The number of ether oxygens (including phenoxy) is 2. The van der Waals surface area contributed by atoms with Gasteiger partial charge in [0.1, 0.15) is 11.3 Å². The van der Waals surface area contributed by atoms with Crippen molar-refractivity contribution in [2.24, 2.45) is 0 Å². The smallest absolute Gasteiger partial charge is 0.270 e. The SMILES string of the molecule is Cc1cc[nH]c1C(=O)N1CC(C)(C)O[C@@]2(CCCOC2)C1. The molecule has 2 saturated heterocycles. The molecule has 5 nitrogen and oxygen atoms in total. The van der Waals surface area contributed by atoms with E-state index in [-0.39, 0.29) is 17.1 Å². The van der Waals surface area contributed by atoms with Crippen molar-refractivity contribution < 1.29 is 14.3 Å². The molecule has 5 heteroatoms. The molecule has 2 aliphatic heterocycles. The lowest BCUT2D eigenvalue weighted by Crippen LogP contribution is -2.63. The van der Waals surface area contributed by atoms with E-state index in [2.05, 4.69) is 4.98 Å². The summed E-state index contributed by atoms with van der Waals surface area (Å²) in [7, 11) is 0. The van der Waals surface area contributed by atoms with Crippen LogP contribution in [-0.4, -0.2) is 53.3 Å². The van der Waals surface area contributed by atoms with Crippen LogP contribution in [0.2, 0.25) is 0 Å². The molecule has 1 aromatic rings. The van der Waals surface area contributed by atoms with Gasteiger partial charge in [0.15, 0.2) is 0 Å². The first-order chi connectivity index (χ1) is 9.91. The molecule has 0 unspecified atom stereocenters. The predicted octanol–water partition coefficient (Wildman–Crippen LogP) is 2.12. The minimum absolute atomic E-state index is 0.0545. The van der Waals surface area contributed by atoms with E-state index in [0.29, 0.717) is 25.4 Å². The van der Waals surface area contributed by atoms with E-state index < -0.39 is 0 Å². The third-order valence-electron chi connectivity index (χ3n) is 4.29. The number of H-pyrrole nitrogens is 1. The van der Waals surface area contributed by atoms with Gasteiger partial charge in [0, 0.05) is 19.3 Å². The van der Waals surface area contributed by atoms with Crippen molar-refractivity contribution in [2.45, 2.75) is 44.8 Å². The van der Waals surface area contributed by atoms with E-state index in [1.54, 1.807) is 0 Å². The van der Waals surface area contributed by atoms with Crippen LogP contribution in [0, 0.1) is 6.92 Å². The summed E-state index contributed by atoms with van der Waals surface area (Å²) >= 11 is 0. The maximum atomic E-state index is 12.8. The van der Waals surface area contributed by atoms with Crippen LogP contribution in [0.25, 0.3) is 0 Å². The van der Waals surface area contributed by atoms with Crippen LogP contribution in [0.3, 0.4) is 0 Å². The fourth-order valence-corrected chi connectivity index (χ4v) is 3.53. The number of nitrogens with zero attached hydrogens (tertiary/aromatic N) is 1. The highest BCUT2D eigenvalue weighted by Crippen LogP contribution is 2.35. The second-order valence-corrected chi connectivity index (χ2v) is 6.90. The van der Waals surface area contributed by atoms with E-state index in [4.69, 9.17) is 9.47 Å². The molecule has 1 atom stereocenters. The molecular weight excluding hydrogens is 268 g/mol. The van der Waals surface area contributed by atoms with Crippen LogP contribution in [-0.2, 0) is 9.47 Å². The van der Waals surface area contributed by atoms with Gasteiger partial charge >= 0.3 is 0 Å². The molecule has 1 spiro atoms. The minimum Gasteiger partial charge on any atom is -0.378 e. The van der Waals surface area contributed by atoms with Crippen LogP contribution in [0.4, 0.5) is 0 Å². The van der Waals surface area contributed by atoms with Crippen molar-refractivity contribution in [3.05, 3.63) is 23.5 Å². The van der Waals surface area contributed by atoms with Crippen molar-refractivity contribution in [1.29, 1.82) is 0 Å². The van der Waals surface area contributed by atoms with Crippen LogP contribution in [0.15, 0.2) is 12.3 Å². The molecular formula is C16H24N2O3. The highest BCUT2D eigenvalue weighted by molar-refractivity contribution is 5.94. The van der Waals surface area contributed by atoms with Gasteiger partial charge in [0.05, 0.1) is 18.8 Å². The van der Waals surface area contributed by atoms with E-state index in [1.807, 2.05) is 37.9 Å². The van der Waals surface area contributed by atoms with Gasteiger partial charge in [-0.1, -0.05) is 0 Å². The van der Waals surface area contributed by atoms with E-state index in [1.165, 1.54) is 0 Å². The zero-order valence-electron chi connectivity index (χ0n) is 13.1. The van der Waals surface area contributed by atoms with Crippen molar-refractivity contribution in [3.8, 4) is 0 Å². The summed E-state index contributed by atoms with van der Waals surface area (Å²) in [5.74, 6) is 0.0545. The molecule has 0 aromatic carbocycles. The van der Waals surface area contributed by atoms with E-state index in [9.17, 15) is 4.79 Å². The first kappa shape index (κ1) is 14.6. The topological polar surface area (TPSA) is 54.6 Å². The van der Waals surface area contributed by atoms with Gasteiger partial charge in [0.25, 0.3) is 5.91 Å². The van der Waals surface area contributed by atoms with Crippen molar-refractivity contribution in [2.75, 3.05) is 26.3 Å². The van der Waals surface area contributed by atoms with Gasteiger partial charge in [-0.3, -0.25) is 4.79 Å². The lowest BCUT2D eigenvalue weighted by Gasteiger charge is -2.51. The third kappa shape index (κ3) is 2.85. The summed E-state index contributed by atoms with van der Waals surface area (Å²) in [6, 6.07) is 1.93. The van der Waals surface area contributed by atoms with Crippen LogP contribution >= 0.6 is 0 Å². The average Bonchev–Trinajstić information content (AvgIpc) is 2.83. The molecule has 21 heavy (non-hydrogen) atoms. The van der Waals surface area contributed by atoms with Gasteiger partial charge in [-0.15, -0.1) is 0 Å². The third-order valence-corrected chi connectivity index (χ3v) is 4.29. The monoisotopic (exact) mass is 292 g/mol. The number of aromatic nitrogens is 1. The summed E-state index contributed by atoms with van der Waals surface area (Å²) < 4.78 is 11.9. The number of nitrogens with one attached hydrogen (secondary N) is 1. The Balaban J connectivity index is 1.85. The molecule has 0 aliphatic carbocycles. The quantitative estimate of drug-likeness (QED) is 0.862. The molecule has 0 radical (unpaired) electrons. The fraction of sp³-hybridized carbons (Fsp3) is 0.688. The lowest BCUT2D eigenvalue weighted by molar-refractivity contribution is -0.225. The Kier molecular flexibility index (Phi) is 3.58. The van der Waals surface area contributed by atoms with E-state index in [0.717, 1.165) is 25.0 Å². The normalized spacial score (nSPS) is 28.8. The molecule has 0 bridgehead atoms. The number of hydrogen-bond acceptors (Lipinski definition) is 3. The summed E-state index contributed by atoms with van der Waals surface area (Å²) in [4.78, 5) is 17.8. The van der Waals surface area contributed by atoms with Crippen LogP contribution < -0.4 is 0 Å². The molecule has 3 heterocycles. The highest BCUT2D eigenvalue weighted by atomic mass is 16.6. The second-order valence-electron chi connectivity index (χ2n) is 6.90. The Hall–Kier alpha value is -1.33. The van der Waals surface area contributed by atoms with Gasteiger partial charge in [-0.25, -0.2) is 0 Å². The zero-order chi connectivity index (χ0) is 15.1. The molecule has 3 rings (SSSR count). The molecule has 0 saturated carbocycles. The molecule has 1 aromatic heterocycles. The number of amides is 1. The zero-order valence-corrected chi connectivity index (χ0v) is 13.1. The number of morpholine rings is 1. The number of rotatable bonds is 1. The number of aryl methyl sites for hydroxylation is 1. The maximum Gasteiger partial charge on any atom is 0.270 e. The first-order valence-electron chi connectivity index (χ1n) is 7.62. The number of aromatic amines is 1. The lowest BCUT2D eigenvalue weighted by atomic mass is 9.90. The molecule has 1 amide bonds.